The Morgan fingerprint density at radius 3 is 2.83 bits per heavy atom. The molecule has 0 aliphatic carbocycles. The first-order chi connectivity index (χ1) is 8.51. The third-order valence-corrected chi connectivity index (χ3v) is 6.18. The molecule has 1 aliphatic rings. The van der Waals surface area contributed by atoms with Gasteiger partial charge in [0.25, 0.3) is 10.2 Å². The van der Waals surface area contributed by atoms with Crippen LogP contribution in [0.2, 0.25) is 0 Å². The first-order valence-corrected chi connectivity index (χ1v) is 8.29. The zero-order valence-electron chi connectivity index (χ0n) is 10.6. The minimum absolute atomic E-state index is 0.252. The molecule has 5 nitrogen and oxygen atoms in total. The zero-order chi connectivity index (χ0) is 13.2. The second-order valence-electron chi connectivity index (χ2n) is 4.35. The van der Waals surface area contributed by atoms with Crippen molar-refractivity contribution in [2.24, 2.45) is 0 Å². The van der Waals surface area contributed by atoms with Crippen molar-refractivity contribution in [3.63, 3.8) is 0 Å². The summed E-state index contributed by atoms with van der Waals surface area (Å²) in [7, 11) is -0.159. The molecule has 2 rings (SSSR count). The maximum Gasteiger partial charge on any atom is 0.281 e. The van der Waals surface area contributed by atoms with Crippen LogP contribution in [0.1, 0.15) is 17.4 Å². The molecule has 2 heterocycles. The fraction of sp³-hybridized carbons (Fsp3) is 0.636. The second-order valence-corrected chi connectivity index (χ2v) is 7.81. The van der Waals surface area contributed by atoms with Crippen LogP contribution in [-0.2, 0) is 10.2 Å². The minimum atomic E-state index is -3.29. The predicted octanol–water partition coefficient (Wildman–Crippen LogP) is 1.57. The molecule has 1 aromatic rings. The molecule has 0 amide bonds. The van der Waals surface area contributed by atoms with E-state index in [1.807, 2.05) is 12.1 Å². The van der Waals surface area contributed by atoms with Gasteiger partial charge in [0.15, 0.2) is 0 Å². The number of rotatable bonds is 3. The summed E-state index contributed by atoms with van der Waals surface area (Å²) in [5.41, 5.74) is 0. The summed E-state index contributed by atoms with van der Waals surface area (Å²) in [6.45, 7) is 1.10. The Morgan fingerprint density at radius 2 is 2.22 bits per heavy atom. The van der Waals surface area contributed by atoms with Crippen molar-refractivity contribution < 1.29 is 12.8 Å². The molecule has 18 heavy (non-hydrogen) atoms. The molecule has 1 atom stereocenters. The number of hydrogen-bond acceptors (Lipinski definition) is 4. The Kier molecular flexibility index (Phi) is 4.37. The van der Waals surface area contributed by atoms with Gasteiger partial charge in [0, 0.05) is 32.9 Å². The third-order valence-electron chi connectivity index (χ3n) is 2.95. The van der Waals surface area contributed by atoms with Crippen molar-refractivity contribution in [2.75, 3.05) is 32.9 Å². The number of hydrogen-bond donors (Lipinski definition) is 0. The Bertz CT molecular complexity index is 470. The van der Waals surface area contributed by atoms with Crippen molar-refractivity contribution >= 4 is 22.0 Å². The van der Waals surface area contributed by atoms with E-state index < -0.39 is 10.2 Å². The van der Waals surface area contributed by atoms with Crippen LogP contribution >= 0.6 is 11.8 Å². The fourth-order valence-electron chi connectivity index (χ4n) is 1.91. The minimum Gasteiger partial charge on any atom is -0.468 e. The van der Waals surface area contributed by atoms with Gasteiger partial charge in [0.05, 0.1) is 11.5 Å². The van der Waals surface area contributed by atoms with Crippen LogP contribution in [0.4, 0.5) is 0 Å². The Balaban J connectivity index is 2.05. The maximum atomic E-state index is 12.1. The normalized spacial score (nSPS) is 23.2. The largest absolute Gasteiger partial charge is 0.468 e. The van der Waals surface area contributed by atoms with Crippen LogP contribution in [0.15, 0.2) is 22.8 Å². The lowest BCUT2D eigenvalue weighted by Crippen LogP contribution is -2.41. The summed E-state index contributed by atoms with van der Waals surface area (Å²) in [5.74, 6) is 1.72. The highest BCUT2D eigenvalue weighted by Gasteiger charge is 2.29. The molecule has 0 bridgehead atoms. The van der Waals surface area contributed by atoms with Crippen LogP contribution in [-0.4, -0.2) is 50.0 Å². The molecule has 1 aliphatic heterocycles. The summed E-state index contributed by atoms with van der Waals surface area (Å²) in [5, 5.41) is 0.252. The molecular weight excluding hydrogens is 272 g/mol. The topological polar surface area (TPSA) is 53.8 Å². The van der Waals surface area contributed by atoms with Gasteiger partial charge >= 0.3 is 0 Å². The average molecular weight is 290 g/mol. The third kappa shape index (κ3) is 2.90. The monoisotopic (exact) mass is 290 g/mol. The number of thioether (sulfide) groups is 1. The van der Waals surface area contributed by atoms with Crippen molar-refractivity contribution in [3.8, 4) is 0 Å². The molecule has 0 saturated carbocycles. The molecular formula is C11H18N2O3S2. The lowest BCUT2D eigenvalue weighted by atomic mass is 10.2. The van der Waals surface area contributed by atoms with E-state index in [0.717, 1.165) is 17.9 Å². The molecule has 7 heteroatoms. The maximum absolute atomic E-state index is 12.1. The van der Waals surface area contributed by atoms with E-state index in [2.05, 4.69) is 0 Å². The van der Waals surface area contributed by atoms with Gasteiger partial charge in [-0.3, -0.25) is 0 Å². The summed E-state index contributed by atoms with van der Waals surface area (Å²) in [6.07, 6.45) is 2.44. The molecule has 0 N–H and O–H groups in total. The highest BCUT2D eigenvalue weighted by Crippen LogP contribution is 2.35. The first kappa shape index (κ1) is 13.9. The van der Waals surface area contributed by atoms with E-state index in [1.54, 1.807) is 36.4 Å². The summed E-state index contributed by atoms with van der Waals surface area (Å²) in [4.78, 5) is 0. The van der Waals surface area contributed by atoms with Gasteiger partial charge in [-0.15, -0.1) is 11.8 Å². The highest BCUT2D eigenvalue weighted by molar-refractivity contribution is 7.99. The zero-order valence-corrected chi connectivity index (χ0v) is 12.2. The molecule has 102 valence electrons. The van der Waals surface area contributed by atoms with Crippen LogP contribution in [0, 0.1) is 0 Å². The quantitative estimate of drug-likeness (QED) is 0.848. The van der Waals surface area contributed by atoms with E-state index in [0.29, 0.717) is 13.1 Å². The molecule has 0 aromatic carbocycles. The lowest BCUT2D eigenvalue weighted by Gasteiger charge is -2.23. The molecule has 0 spiro atoms. The smallest absolute Gasteiger partial charge is 0.281 e. The van der Waals surface area contributed by atoms with Crippen molar-refractivity contribution in [2.45, 2.75) is 11.7 Å². The summed E-state index contributed by atoms with van der Waals surface area (Å²) < 4.78 is 32.3. The molecule has 0 radical (unpaired) electrons. The summed E-state index contributed by atoms with van der Waals surface area (Å²) >= 11 is 1.75. The first-order valence-electron chi connectivity index (χ1n) is 5.84. The van der Waals surface area contributed by atoms with Gasteiger partial charge in [-0.25, -0.2) is 0 Å². The molecule has 1 aromatic heterocycles. The van der Waals surface area contributed by atoms with Crippen LogP contribution in [0.3, 0.4) is 0 Å². The highest BCUT2D eigenvalue weighted by atomic mass is 32.2. The van der Waals surface area contributed by atoms with Crippen LogP contribution in [0.5, 0.6) is 0 Å². The predicted molar refractivity (Wildman–Crippen MR) is 72.7 cm³/mol. The Morgan fingerprint density at radius 1 is 1.44 bits per heavy atom. The van der Waals surface area contributed by atoms with Gasteiger partial charge in [0.2, 0.25) is 0 Å². The Labute approximate surface area is 112 Å². The van der Waals surface area contributed by atoms with Gasteiger partial charge in [-0.1, -0.05) is 0 Å². The van der Waals surface area contributed by atoms with Crippen molar-refractivity contribution in [1.29, 1.82) is 0 Å². The van der Waals surface area contributed by atoms with E-state index in [9.17, 15) is 8.42 Å². The molecule has 1 saturated heterocycles. The van der Waals surface area contributed by atoms with E-state index in [4.69, 9.17) is 4.42 Å². The average Bonchev–Trinajstić information content (AvgIpc) is 2.73. The van der Waals surface area contributed by atoms with Gasteiger partial charge in [-0.2, -0.15) is 17.0 Å². The SMILES string of the molecule is CN(C)S(=O)(=O)N1CCS[C@H](c2ccco2)CC1. The fourth-order valence-corrected chi connectivity index (χ4v) is 4.33. The standard InChI is InChI=1S/C11H18N2O3S2/c1-12(2)18(14,15)13-6-5-11(17-9-7-13)10-4-3-8-16-10/h3-4,8,11H,5-7,9H2,1-2H3/t11-/m0/s1. The van der Waals surface area contributed by atoms with E-state index in [-0.39, 0.29) is 5.25 Å². The Hall–Kier alpha value is -0.500. The molecule has 0 unspecified atom stereocenters. The summed E-state index contributed by atoms with van der Waals surface area (Å²) in [6, 6.07) is 3.82. The number of nitrogens with zero attached hydrogens (tertiary/aromatic N) is 2. The molecule has 1 fully saturated rings. The van der Waals surface area contributed by atoms with Gasteiger partial charge < -0.3 is 4.42 Å². The van der Waals surface area contributed by atoms with E-state index >= 15 is 0 Å². The lowest BCUT2D eigenvalue weighted by molar-refractivity contribution is 0.382. The van der Waals surface area contributed by atoms with Crippen LogP contribution < -0.4 is 0 Å². The van der Waals surface area contributed by atoms with E-state index in [1.165, 1.54) is 4.31 Å². The van der Waals surface area contributed by atoms with Crippen molar-refractivity contribution in [1.82, 2.24) is 8.61 Å². The van der Waals surface area contributed by atoms with Crippen molar-refractivity contribution in [3.05, 3.63) is 24.2 Å². The van der Waals surface area contributed by atoms with Crippen LogP contribution in [0.25, 0.3) is 0 Å². The van der Waals surface area contributed by atoms with Gasteiger partial charge in [0.1, 0.15) is 5.76 Å². The number of furan rings is 1. The van der Waals surface area contributed by atoms with Gasteiger partial charge in [-0.05, 0) is 18.6 Å². The second kappa shape index (κ2) is 5.64.